The number of piperazine rings is 1. The third-order valence-corrected chi connectivity index (χ3v) is 7.52. The Balaban J connectivity index is 1.69. The molecule has 1 heterocycles. The van der Waals surface area contributed by atoms with E-state index in [-0.39, 0.29) is 48.3 Å². The molecule has 1 aliphatic heterocycles. The lowest BCUT2D eigenvalue weighted by Gasteiger charge is -2.34. The smallest absolute Gasteiger partial charge is 0.257 e. The lowest BCUT2D eigenvalue weighted by Crippen LogP contribution is -2.50. The Morgan fingerprint density at radius 2 is 1.69 bits per heavy atom. The van der Waals surface area contributed by atoms with Crippen LogP contribution in [0.25, 0.3) is 0 Å². The summed E-state index contributed by atoms with van der Waals surface area (Å²) in [6.07, 6.45) is 0.999. The number of aromatic hydroxyl groups is 1. The van der Waals surface area contributed by atoms with E-state index in [0.717, 1.165) is 17.5 Å². The highest BCUT2D eigenvalue weighted by molar-refractivity contribution is 7.89. The Kier molecular flexibility index (Phi) is 6.29. The summed E-state index contributed by atoms with van der Waals surface area (Å²) in [6.45, 7) is 7.11. The third-order valence-electron chi connectivity index (χ3n) is 5.61. The number of phenolic OH excluding ortho intramolecular Hbond substituents is 1. The molecule has 2 aromatic rings. The number of carbonyl (C=O) groups is 1. The second-order valence-corrected chi connectivity index (χ2v) is 9.53. The average molecular weight is 417 g/mol. The number of hydrogen-bond acceptors (Lipinski definition) is 4. The Labute approximate surface area is 172 Å². The normalized spacial score (nSPS) is 16.6. The lowest BCUT2D eigenvalue weighted by molar-refractivity contribution is 0.0694. The lowest BCUT2D eigenvalue weighted by atomic mass is 9.99. The van der Waals surface area contributed by atoms with Crippen LogP contribution in [0.5, 0.6) is 5.75 Å². The molecular weight excluding hydrogens is 388 g/mol. The van der Waals surface area contributed by atoms with E-state index in [0.29, 0.717) is 5.92 Å². The highest BCUT2D eigenvalue weighted by Crippen LogP contribution is 2.24. The van der Waals surface area contributed by atoms with Gasteiger partial charge in [0.25, 0.3) is 5.91 Å². The van der Waals surface area contributed by atoms with E-state index in [2.05, 4.69) is 13.8 Å². The van der Waals surface area contributed by atoms with E-state index in [4.69, 9.17) is 0 Å². The summed E-state index contributed by atoms with van der Waals surface area (Å²) >= 11 is 0. The second kappa shape index (κ2) is 8.55. The molecule has 0 spiro atoms. The molecular formula is C22H28N2O4S. The Morgan fingerprint density at radius 1 is 1.07 bits per heavy atom. The van der Waals surface area contributed by atoms with Gasteiger partial charge in [-0.3, -0.25) is 4.79 Å². The highest BCUT2D eigenvalue weighted by Gasteiger charge is 2.31. The molecule has 1 unspecified atom stereocenters. The zero-order valence-corrected chi connectivity index (χ0v) is 17.9. The first kappa shape index (κ1) is 21.3. The topological polar surface area (TPSA) is 77.9 Å². The zero-order chi connectivity index (χ0) is 21.2. The van der Waals surface area contributed by atoms with Crippen molar-refractivity contribution in [1.29, 1.82) is 0 Å². The van der Waals surface area contributed by atoms with Gasteiger partial charge in [0.05, 0.1) is 10.5 Å². The molecule has 2 aromatic carbocycles. The van der Waals surface area contributed by atoms with Crippen LogP contribution < -0.4 is 0 Å². The molecule has 156 valence electrons. The molecule has 0 aromatic heterocycles. The van der Waals surface area contributed by atoms with Crippen molar-refractivity contribution in [3.8, 4) is 5.75 Å². The molecule has 1 atom stereocenters. The molecule has 29 heavy (non-hydrogen) atoms. The molecule has 6 nitrogen and oxygen atoms in total. The van der Waals surface area contributed by atoms with E-state index in [1.807, 2.05) is 19.1 Å². The average Bonchev–Trinajstić information content (AvgIpc) is 2.74. The van der Waals surface area contributed by atoms with Gasteiger partial charge in [0, 0.05) is 26.2 Å². The van der Waals surface area contributed by atoms with Crippen LogP contribution in [0.15, 0.2) is 47.4 Å². The molecule has 0 bridgehead atoms. The predicted molar refractivity (Wildman–Crippen MR) is 113 cm³/mol. The number of carbonyl (C=O) groups excluding carboxylic acids is 1. The summed E-state index contributed by atoms with van der Waals surface area (Å²) in [4.78, 5) is 14.6. The summed E-state index contributed by atoms with van der Waals surface area (Å²) < 4.78 is 27.4. The van der Waals surface area contributed by atoms with Crippen molar-refractivity contribution in [2.45, 2.75) is 38.0 Å². The van der Waals surface area contributed by atoms with E-state index in [1.165, 1.54) is 10.4 Å². The van der Waals surface area contributed by atoms with Crippen molar-refractivity contribution >= 4 is 15.9 Å². The summed E-state index contributed by atoms with van der Waals surface area (Å²) in [6, 6.07) is 12.0. The van der Waals surface area contributed by atoms with Crippen LogP contribution in [-0.4, -0.2) is 54.8 Å². The summed E-state index contributed by atoms with van der Waals surface area (Å²) in [5.74, 6) is 0.0533. The van der Waals surface area contributed by atoms with Gasteiger partial charge in [0.2, 0.25) is 10.0 Å². The van der Waals surface area contributed by atoms with Gasteiger partial charge in [0.1, 0.15) is 5.75 Å². The first-order chi connectivity index (χ1) is 13.7. The molecule has 0 radical (unpaired) electrons. The molecule has 1 saturated heterocycles. The van der Waals surface area contributed by atoms with E-state index in [9.17, 15) is 18.3 Å². The largest absolute Gasteiger partial charge is 0.507 e. The van der Waals surface area contributed by atoms with E-state index < -0.39 is 10.0 Å². The van der Waals surface area contributed by atoms with Crippen LogP contribution in [-0.2, 0) is 10.0 Å². The summed E-state index contributed by atoms with van der Waals surface area (Å²) in [5, 5.41) is 9.99. The van der Waals surface area contributed by atoms with Gasteiger partial charge in [-0.05, 0) is 49.1 Å². The quantitative estimate of drug-likeness (QED) is 0.811. The van der Waals surface area contributed by atoms with Gasteiger partial charge >= 0.3 is 0 Å². The van der Waals surface area contributed by atoms with Crippen molar-refractivity contribution in [2.75, 3.05) is 26.2 Å². The fourth-order valence-corrected chi connectivity index (χ4v) is 4.90. The van der Waals surface area contributed by atoms with Crippen molar-refractivity contribution in [1.82, 2.24) is 9.21 Å². The van der Waals surface area contributed by atoms with Crippen LogP contribution >= 0.6 is 0 Å². The van der Waals surface area contributed by atoms with Crippen LogP contribution in [0.3, 0.4) is 0 Å². The Morgan fingerprint density at radius 3 is 2.28 bits per heavy atom. The summed E-state index contributed by atoms with van der Waals surface area (Å²) in [5.41, 5.74) is 2.26. The molecule has 1 N–H and O–H groups in total. The van der Waals surface area contributed by atoms with Crippen molar-refractivity contribution in [3.63, 3.8) is 0 Å². The van der Waals surface area contributed by atoms with Gasteiger partial charge in [-0.25, -0.2) is 8.42 Å². The predicted octanol–water partition coefficient (Wildman–Crippen LogP) is 3.36. The fourth-order valence-electron chi connectivity index (χ4n) is 3.48. The zero-order valence-electron chi connectivity index (χ0n) is 17.1. The molecule has 1 aliphatic rings. The second-order valence-electron chi connectivity index (χ2n) is 7.60. The Hall–Kier alpha value is -2.38. The van der Waals surface area contributed by atoms with Crippen LogP contribution in [0.4, 0.5) is 0 Å². The maximum atomic E-state index is 13.0. The van der Waals surface area contributed by atoms with Crippen molar-refractivity contribution < 1.29 is 18.3 Å². The third kappa shape index (κ3) is 4.46. The SMILES string of the molecule is CCC(C)c1ccc(S(=O)(=O)N2CCN(C(=O)c3cc(C)ccc3O)CC2)cc1. The number of amides is 1. The van der Waals surface area contributed by atoms with Gasteiger partial charge in [-0.2, -0.15) is 4.31 Å². The number of rotatable bonds is 5. The fraction of sp³-hybridized carbons (Fsp3) is 0.409. The molecule has 0 saturated carbocycles. The molecule has 1 fully saturated rings. The van der Waals surface area contributed by atoms with Gasteiger partial charge in [-0.15, -0.1) is 0 Å². The van der Waals surface area contributed by atoms with E-state index in [1.54, 1.807) is 29.2 Å². The number of benzene rings is 2. The van der Waals surface area contributed by atoms with Crippen molar-refractivity contribution in [3.05, 3.63) is 59.2 Å². The molecule has 1 amide bonds. The van der Waals surface area contributed by atoms with Crippen LogP contribution in [0.1, 0.15) is 47.7 Å². The van der Waals surface area contributed by atoms with Gasteiger partial charge in [-0.1, -0.05) is 37.6 Å². The minimum absolute atomic E-state index is 0.0583. The molecule has 7 heteroatoms. The standard InChI is InChI=1S/C22H28N2O4S/c1-4-17(3)18-6-8-19(9-7-18)29(27,28)24-13-11-23(12-14-24)22(26)20-15-16(2)5-10-21(20)25/h5-10,15,17,25H,4,11-14H2,1-3H3. The maximum absolute atomic E-state index is 13.0. The minimum Gasteiger partial charge on any atom is -0.507 e. The number of aryl methyl sites for hydroxylation is 1. The number of hydrogen-bond donors (Lipinski definition) is 1. The summed E-state index contributed by atoms with van der Waals surface area (Å²) in [7, 11) is -3.59. The maximum Gasteiger partial charge on any atom is 0.257 e. The van der Waals surface area contributed by atoms with Crippen LogP contribution in [0.2, 0.25) is 0 Å². The first-order valence-electron chi connectivity index (χ1n) is 9.93. The van der Waals surface area contributed by atoms with E-state index >= 15 is 0 Å². The minimum atomic E-state index is -3.59. The first-order valence-corrected chi connectivity index (χ1v) is 11.4. The number of sulfonamides is 1. The number of phenols is 1. The van der Waals surface area contributed by atoms with Crippen molar-refractivity contribution in [2.24, 2.45) is 0 Å². The highest BCUT2D eigenvalue weighted by atomic mass is 32.2. The number of nitrogens with zero attached hydrogens (tertiary/aromatic N) is 2. The Bertz CT molecular complexity index is 978. The molecule has 3 rings (SSSR count). The van der Waals surface area contributed by atoms with Gasteiger partial charge in [0.15, 0.2) is 0 Å². The monoisotopic (exact) mass is 416 g/mol. The molecule has 0 aliphatic carbocycles. The van der Waals surface area contributed by atoms with Crippen LogP contribution in [0, 0.1) is 6.92 Å². The van der Waals surface area contributed by atoms with Gasteiger partial charge < -0.3 is 10.0 Å².